The number of amides is 2. The van der Waals surface area contributed by atoms with E-state index >= 15 is 0 Å². The lowest BCUT2D eigenvalue weighted by Crippen LogP contribution is -2.47. The largest absolute Gasteiger partial charge is 0.496 e. The Balaban J connectivity index is 1.58. The van der Waals surface area contributed by atoms with Gasteiger partial charge in [-0.3, -0.25) is 9.59 Å². The van der Waals surface area contributed by atoms with Gasteiger partial charge in [-0.05, 0) is 43.2 Å². The molecule has 32 heavy (non-hydrogen) atoms. The number of ether oxygens (including phenoxy) is 2. The van der Waals surface area contributed by atoms with Gasteiger partial charge in [0, 0.05) is 13.1 Å². The van der Waals surface area contributed by atoms with Crippen molar-refractivity contribution in [2.24, 2.45) is 0 Å². The number of aryl methyl sites for hydroxylation is 2. The van der Waals surface area contributed by atoms with Crippen molar-refractivity contribution in [2.75, 3.05) is 26.8 Å². The quantitative estimate of drug-likeness (QED) is 0.597. The summed E-state index contributed by atoms with van der Waals surface area (Å²) < 4.78 is 38.0. The molecule has 10 heteroatoms. The van der Waals surface area contributed by atoms with E-state index in [0.717, 1.165) is 11.1 Å². The van der Waals surface area contributed by atoms with E-state index in [1.807, 2.05) is 31.2 Å². The highest BCUT2D eigenvalue weighted by Gasteiger charge is 2.37. The number of carbonyl (C=O) groups excluding carboxylic acids is 2. The third-order valence-electron chi connectivity index (χ3n) is 5.13. The van der Waals surface area contributed by atoms with Crippen LogP contribution in [0.1, 0.15) is 16.7 Å². The molecule has 1 fully saturated rings. The lowest BCUT2D eigenvalue weighted by Gasteiger charge is -2.23. The fraction of sp³-hybridized carbons (Fsp3) is 0.364. The number of nitrogens with zero attached hydrogens (tertiary/aromatic N) is 1. The average Bonchev–Trinajstić information content (AvgIpc) is 3.26. The average molecular weight is 462 g/mol. The lowest BCUT2D eigenvalue weighted by atomic mass is 10.1. The van der Waals surface area contributed by atoms with Gasteiger partial charge in [-0.1, -0.05) is 29.8 Å². The van der Waals surface area contributed by atoms with Gasteiger partial charge in [-0.2, -0.15) is 4.31 Å². The van der Waals surface area contributed by atoms with Crippen LogP contribution in [0.25, 0.3) is 0 Å². The van der Waals surface area contributed by atoms with E-state index < -0.39 is 28.1 Å². The highest BCUT2D eigenvalue weighted by atomic mass is 32.2. The first kappa shape index (κ1) is 23.7. The lowest BCUT2D eigenvalue weighted by molar-refractivity contribution is -0.139. The fourth-order valence-electron chi connectivity index (χ4n) is 3.32. The van der Waals surface area contributed by atoms with Crippen LogP contribution in [0.4, 0.5) is 0 Å². The number of methoxy groups -OCH3 is 1. The van der Waals surface area contributed by atoms with Crippen molar-refractivity contribution < 1.29 is 27.5 Å². The molecule has 1 aliphatic heterocycles. The smallest absolute Gasteiger partial charge is 0.309 e. The minimum Gasteiger partial charge on any atom is -0.496 e. The van der Waals surface area contributed by atoms with Crippen LogP contribution in [0.3, 0.4) is 0 Å². The molecule has 1 aliphatic rings. The molecule has 9 nitrogen and oxygen atoms in total. The second-order valence-corrected chi connectivity index (χ2v) is 9.34. The summed E-state index contributed by atoms with van der Waals surface area (Å²) in [5.74, 6) is -1.07. The highest BCUT2D eigenvalue weighted by Crippen LogP contribution is 2.26. The van der Waals surface area contributed by atoms with Crippen molar-refractivity contribution in [1.82, 2.24) is 14.9 Å². The minimum absolute atomic E-state index is 0.105. The Labute approximate surface area is 187 Å². The van der Waals surface area contributed by atoms with Crippen molar-refractivity contribution in [1.29, 1.82) is 0 Å². The molecular formula is C22H27N3O6S. The van der Waals surface area contributed by atoms with Gasteiger partial charge in [-0.25, -0.2) is 8.42 Å². The Bertz CT molecular complexity index is 1090. The van der Waals surface area contributed by atoms with Crippen LogP contribution in [-0.2, 0) is 30.9 Å². The standard InChI is InChI=1S/C22H27N3O6S/c1-15-4-6-17(7-5-15)13-23-21(26)22(27)24-14-20-25(10-11-31-20)32(28,29)18-8-9-19(30-3)16(2)12-18/h4-9,12,20H,10-11,13-14H2,1-3H3,(H,23,26)(H,24,27)/t20-/m1/s1. The molecule has 0 saturated carbocycles. The van der Waals surface area contributed by atoms with E-state index in [9.17, 15) is 18.0 Å². The zero-order valence-electron chi connectivity index (χ0n) is 18.3. The third-order valence-corrected chi connectivity index (χ3v) is 7.02. The van der Waals surface area contributed by atoms with Crippen LogP contribution in [0.2, 0.25) is 0 Å². The van der Waals surface area contributed by atoms with Crippen molar-refractivity contribution in [3.63, 3.8) is 0 Å². The van der Waals surface area contributed by atoms with E-state index in [1.54, 1.807) is 13.0 Å². The van der Waals surface area contributed by atoms with Gasteiger partial charge in [0.1, 0.15) is 12.0 Å². The summed E-state index contributed by atoms with van der Waals surface area (Å²) in [6.45, 7) is 4.11. The third kappa shape index (κ3) is 5.45. The van der Waals surface area contributed by atoms with E-state index in [0.29, 0.717) is 11.3 Å². The molecule has 172 valence electrons. The molecule has 1 heterocycles. The Morgan fingerprint density at radius 3 is 2.44 bits per heavy atom. The van der Waals surface area contributed by atoms with E-state index in [4.69, 9.17) is 9.47 Å². The first-order valence-corrected chi connectivity index (χ1v) is 11.6. The van der Waals surface area contributed by atoms with Gasteiger partial charge in [0.2, 0.25) is 10.0 Å². The summed E-state index contributed by atoms with van der Waals surface area (Å²) in [5, 5.41) is 4.99. The monoisotopic (exact) mass is 461 g/mol. The highest BCUT2D eigenvalue weighted by molar-refractivity contribution is 7.89. The SMILES string of the molecule is COc1ccc(S(=O)(=O)N2CCO[C@@H]2CNC(=O)C(=O)NCc2ccc(C)cc2)cc1C. The number of carbonyl (C=O) groups is 2. The number of sulfonamides is 1. The second-order valence-electron chi connectivity index (χ2n) is 7.45. The van der Waals surface area contributed by atoms with Crippen molar-refractivity contribution >= 4 is 21.8 Å². The molecule has 2 amide bonds. The van der Waals surface area contributed by atoms with E-state index in [2.05, 4.69) is 10.6 Å². The van der Waals surface area contributed by atoms with Crippen molar-refractivity contribution in [3.05, 3.63) is 59.2 Å². The summed E-state index contributed by atoms with van der Waals surface area (Å²) in [4.78, 5) is 24.3. The molecule has 2 aromatic rings. The predicted octanol–water partition coefficient (Wildman–Crippen LogP) is 1.09. The molecule has 3 rings (SSSR count). The number of rotatable bonds is 7. The summed E-state index contributed by atoms with van der Waals surface area (Å²) in [7, 11) is -2.34. The molecule has 0 unspecified atom stereocenters. The van der Waals surface area contributed by atoms with Crippen LogP contribution in [0.15, 0.2) is 47.4 Å². The maximum Gasteiger partial charge on any atom is 0.309 e. The topological polar surface area (TPSA) is 114 Å². The summed E-state index contributed by atoms with van der Waals surface area (Å²) >= 11 is 0. The van der Waals surface area contributed by atoms with Crippen molar-refractivity contribution in [3.8, 4) is 5.75 Å². The van der Waals surface area contributed by atoms with E-state index in [1.165, 1.54) is 23.5 Å². The summed E-state index contributed by atoms with van der Waals surface area (Å²) in [6, 6.07) is 12.1. The van der Waals surface area contributed by atoms with Gasteiger partial charge in [0.15, 0.2) is 0 Å². The number of hydrogen-bond donors (Lipinski definition) is 2. The van der Waals surface area contributed by atoms with Gasteiger partial charge in [0.25, 0.3) is 0 Å². The van der Waals surface area contributed by atoms with Crippen LogP contribution in [0, 0.1) is 13.8 Å². The maximum atomic E-state index is 13.1. The number of benzene rings is 2. The van der Waals surface area contributed by atoms with Crippen molar-refractivity contribution in [2.45, 2.75) is 31.5 Å². The first-order chi connectivity index (χ1) is 15.2. The van der Waals surface area contributed by atoms with E-state index in [-0.39, 0.29) is 31.1 Å². The van der Waals surface area contributed by atoms with Gasteiger partial charge >= 0.3 is 11.8 Å². The van der Waals surface area contributed by atoms with Crippen LogP contribution < -0.4 is 15.4 Å². The molecule has 0 aliphatic carbocycles. The fourth-order valence-corrected chi connectivity index (χ4v) is 4.91. The molecule has 1 saturated heterocycles. The molecule has 2 N–H and O–H groups in total. The van der Waals surface area contributed by atoms with Gasteiger partial charge < -0.3 is 20.1 Å². The predicted molar refractivity (Wildman–Crippen MR) is 117 cm³/mol. The second kappa shape index (κ2) is 10.1. The first-order valence-electron chi connectivity index (χ1n) is 10.1. The Morgan fingerprint density at radius 2 is 1.78 bits per heavy atom. The molecule has 0 radical (unpaired) electrons. The Kier molecular flexibility index (Phi) is 7.49. The molecule has 0 spiro atoms. The molecule has 0 aromatic heterocycles. The molecule has 2 aromatic carbocycles. The number of hydrogen-bond acceptors (Lipinski definition) is 6. The van der Waals surface area contributed by atoms with Crippen LogP contribution in [-0.4, -0.2) is 57.6 Å². The van der Waals surface area contributed by atoms with Crippen LogP contribution in [0.5, 0.6) is 5.75 Å². The zero-order valence-corrected chi connectivity index (χ0v) is 19.1. The summed E-state index contributed by atoms with van der Waals surface area (Å²) in [5.41, 5.74) is 2.64. The zero-order chi connectivity index (χ0) is 23.3. The Hall–Kier alpha value is -2.95. The molecule has 0 bridgehead atoms. The van der Waals surface area contributed by atoms with Gasteiger partial charge in [-0.15, -0.1) is 0 Å². The van der Waals surface area contributed by atoms with Crippen LogP contribution >= 0.6 is 0 Å². The number of nitrogens with one attached hydrogen (secondary N) is 2. The van der Waals surface area contributed by atoms with Gasteiger partial charge in [0.05, 0.1) is 25.2 Å². The molecular weight excluding hydrogens is 434 g/mol. The maximum absolute atomic E-state index is 13.1. The normalized spacial score (nSPS) is 16.5. The minimum atomic E-state index is -3.85. The summed E-state index contributed by atoms with van der Waals surface area (Å²) in [6.07, 6.45) is -0.906. The molecule has 1 atom stereocenters. The Morgan fingerprint density at radius 1 is 1.09 bits per heavy atom.